The van der Waals surface area contributed by atoms with Crippen LogP contribution >= 0.6 is 0 Å². The summed E-state index contributed by atoms with van der Waals surface area (Å²) in [5, 5.41) is 5.91. The Labute approximate surface area is 123 Å². The normalized spacial score (nSPS) is 20.7. The van der Waals surface area contributed by atoms with Crippen molar-refractivity contribution in [2.24, 2.45) is 0 Å². The van der Waals surface area contributed by atoms with Gasteiger partial charge in [-0.1, -0.05) is 25.3 Å². The number of hydrogen-bond donors (Lipinski definition) is 2. The SMILES string of the molecule is CNc1ncccc1CN1C(=O)NC2(CCCCC2)C1=O. The van der Waals surface area contributed by atoms with Gasteiger partial charge in [0.25, 0.3) is 5.91 Å². The highest BCUT2D eigenvalue weighted by molar-refractivity contribution is 6.07. The van der Waals surface area contributed by atoms with Crippen molar-refractivity contribution in [3.05, 3.63) is 23.9 Å². The molecule has 2 fully saturated rings. The average molecular weight is 288 g/mol. The Hall–Kier alpha value is -2.11. The lowest BCUT2D eigenvalue weighted by atomic mass is 9.82. The van der Waals surface area contributed by atoms with Gasteiger partial charge >= 0.3 is 6.03 Å². The minimum absolute atomic E-state index is 0.0851. The molecule has 112 valence electrons. The van der Waals surface area contributed by atoms with Crippen molar-refractivity contribution < 1.29 is 9.59 Å². The number of amides is 3. The molecule has 1 aliphatic heterocycles. The summed E-state index contributed by atoms with van der Waals surface area (Å²) in [7, 11) is 1.78. The Morgan fingerprint density at radius 3 is 2.81 bits per heavy atom. The number of carbonyl (C=O) groups excluding carboxylic acids is 2. The van der Waals surface area contributed by atoms with Gasteiger partial charge in [0.1, 0.15) is 11.4 Å². The molecule has 2 N–H and O–H groups in total. The van der Waals surface area contributed by atoms with Crippen LogP contribution in [0.2, 0.25) is 0 Å². The predicted octanol–water partition coefficient (Wildman–Crippen LogP) is 1.88. The summed E-state index contributed by atoms with van der Waals surface area (Å²) in [6.07, 6.45) is 6.31. The van der Waals surface area contributed by atoms with Crippen LogP contribution in [0.5, 0.6) is 0 Å². The number of carbonyl (C=O) groups is 2. The standard InChI is InChI=1S/C15H20N4O2/c1-16-12-11(6-5-9-17-12)10-19-13(20)15(18-14(19)21)7-3-2-4-8-15/h5-6,9H,2-4,7-8,10H2,1H3,(H,16,17)(H,18,21). The molecule has 3 rings (SSSR count). The highest BCUT2D eigenvalue weighted by Gasteiger charge is 2.51. The van der Waals surface area contributed by atoms with E-state index in [1.54, 1.807) is 13.2 Å². The second-order valence-corrected chi connectivity index (χ2v) is 5.73. The summed E-state index contributed by atoms with van der Waals surface area (Å²) in [5.74, 6) is 0.612. The molecule has 21 heavy (non-hydrogen) atoms. The molecule has 1 spiro atoms. The number of pyridine rings is 1. The third-order valence-electron chi connectivity index (χ3n) is 4.41. The van der Waals surface area contributed by atoms with Gasteiger partial charge in [-0.25, -0.2) is 9.78 Å². The van der Waals surface area contributed by atoms with Crippen LogP contribution in [-0.4, -0.2) is 34.4 Å². The second-order valence-electron chi connectivity index (χ2n) is 5.73. The molecule has 0 atom stereocenters. The molecule has 6 heteroatoms. The van der Waals surface area contributed by atoms with Crippen LogP contribution in [0, 0.1) is 0 Å². The molecule has 0 unspecified atom stereocenters. The number of urea groups is 1. The van der Waals surface area contributed by atoms with Crippen LogP contribution in [0.1, 0.15) is 37.7 Å². The maximum absolute atomic E-state index is 12.7. The fourth-order valence-corrected chi connectivity index (χ4v) is 3.28. The number of anilines is 1. The minimum atomic E-state index is -0.655. The Bertz CT molecular complexity index is 567. The number of imide groups is 1. The summed E-state index contributed by atoms with van der Waals surface area (Å²) in [5.41, 5.74) is 0.188. The Morgan fingerprint density at radius 1 is 1.33 bits per heavy atom. The molecule has 0 radical (unpaired) electrons. The molecule has 6 nitrogen and oxygen atoms in total. The van der Waals surface area contributed by atoms with Crippen LogP contribution in [0.3, 0.4) is 0 Å². The van der Waals surface area contributed by atoms with Gasteiger partial charge in [-0.3, -0.25) is 9.69 Å². The van der Waals surface area contributed by atoms with Crippen molar-refractivity contribution in [2.75, 3.05) is 12.4 Å². The summed E-state index contributed by atoms with van der Waals surface area (Å²) >= 11 is 0. The van der Waals surface area contributed by atoms with Crippen LogP contribution in [0.4, 0.5) is 10.6 Å². The molecular weight excluding hydrogens is 268 g/mol. The van der Waals surface area contributed by atoms with E-state index in [1.807, 2.05) is 12.1 Å². The quantitative estimate of drug-likeness (QED) is 0.833. The van der Waals surface area contributed by atoms with E-state index < -0.39 is 5.54 Å². The van der Waals surface area contributed by atoms with E-state index in [9.17, 15) is 9.59 Å². The largest absolute Gasteiger partial charge is 0.373 e. The maximum atomic E-state index is 12.7. The lowest BCUT2D eigenvalue weighted by molar-refractivity contribution is -0.132. The van der Waals surface area contributed by atoms with E-state index in [2.05, 4.69) is 15.6 Å². The van der Waals surface area contributed by atoms with Gasteiger partial charge < -0.3 is 10.6 Å². The van der Waals surface area contributed by atoms with Gasteiger partial charge in [0, 0.05) is 18.8 Å². The summed E-state index contributed by atoms with van der Waals surface area (Å²) in [6.45, 7) is 0.260. The first kappa shape index (κ1) is 13.9. The summed E-state index contributed by atoms with van der Waals surface area (Å²) < 4.78 is 0. The summed E-state index contributed by atoms with van der Waals surface area (Å²) in [4.78, 5) is 30.4. The van der Waals surface area contributed by atoms with Crippen LogP contribution < -0.4 is 10.6 Å². The zero-order chi connectivity index (χ0) is 14.9. The zero-order valence-electron chi connectivity index (χ0n) is 12.2. The molecule has 0 aromatic carbocycles. The van der Waals surface area contributed by atoms with E-state index in [0.29, 0.717) is 5.82 Å². The first-order valence-corrected chi connectivity index (χ1v) is 7.42. The van der Waals surface area contributed by atoms with E-state index >= 15 is 0 Å². The topological polar surface area (TPSA) is 74.3 Å². The molecular formula is C15H20N4O2. The number of hydrogen-bond acceptors (Lipinski definition) is 4. The van der Waals surface area contributed by atoms with Crippen LogP contribution in [-0.2, 0) is 11.3 Å². The minimum Gasteiger partial charge on any atom is -0.373 e. The molecule has 1 saturated heterocycles. The van der Waals surface area contributed by atoms with Crippen molar-refractivity contribution >= 4 is 17.8 Å². The van der Waals surface area contributed by atoms with Gasteiger partial charge in [-0.15, -0.1) is 0 Å². The number of aromatic nitrogens is 1. The highest BCUT2D eigenvalue weighted by atomic mass is 16.2. The van der Waals surface area contributed by atoms with Crippen molar-refractivity contribution in [1.29, 1.82) is 0 Å². The molecule has 0 bridgehead atoms. The first-order chi connectivity index (χ1) is 10.2. The Balaban J connectivity index is 1.82. The molecule has 2 aliphatic rings. The summed E-state index contributed by atoms with van der Waals surface area (Å²) in [6, 6.07) is 3.41. The van der Waals surface area contributed by atoms with Crippen molar-refractivity contribution in [3.63, 3.8) is 0 Å². The van der Waals surface area contributed by atoms with Gasteiger partial charge in [0.2, 0.25) is 0 Å². The van der Waals surface area contributed by atoms with Gasteiger partial charge in [-0.2, -0.15) is 0 Å². The predicted molar refractivity (Wildman–Crippen MR) is 78.7 cm³/mol. The molecule has 1 aromatic rings. The molecule has 2 heterocycles. The molecule has 1 aliphatic carbocycles. The third kappa shape index (κ3) is 2.34. The van der Waals surface area contributed by atoms with E-state index in [-0.39, 0.29) is 18.5 Å². The number of rotatable bonds is 3. The lowest BCUT2D eigenvalue weighted by Gasteiger charge is -2.30. The zero-order valence-corrected chi connectivity index (χ0v) is 12.2. The van der Waals surface area contributed by atoms with Gasteiger partial charge in [-0.05, 0) is 18.9 Å². The monoisotopic (exact) mass is 288 g/mol. The van der Waals surface area contributed by atoms with E-state index in [4.69, 9.17) is 0 Å². The fraction of sp³-hybridized carbons (Fsp3) is 0.533. The van der Waals surface area contributed by atoms with E-state index in [1.165, 1.54) is 4.90 Å². The van der Waals surface area contributed by atoms with E-state index in [0.717, 1.165) is 37.7 Å². The third-order valence-corrected chi connectivity index (χ3v) is 4.41. The second kappa shape index (κ2) is 5.35. The smallest absolute Gasteiger partial charge is 0.325 e. The maximum Gasteiger partial charge on any atom is 0.325 e. The first-order valence-electron chi connectivity index (χ1n) is 7.42. The Morgan fingerprint density at radius 2 is 2.10 bits per heavy atom. The highest BCUT2D eigenvalue weighted by Crippen LogP contribution is 2.34. The van der Waals surface area contributed by atoms with Gasteiger partial charge in [0.15, 0.2) is 0 Å². The Kier molecular flexibility index (Phi) is 3.53. The average Bonchev–Trinajstić information content (AvgIpc) is 2.73. The number of nitrogens with zero attached hydrogens (tertiary/aromatic N) is 2. The lowest BCUT2D eigenvalue weighted by Crippen LogP contribution is -2.48. The molecule has 1 aromatic heterocycles. The fourth-order valence-electron chi connectivity index (χ4n) is 3.28. The number of nitrogens with one attached hydrogen (secondary N) is 2. The van der Waals surface area contributed by atoms with Crippen molar-refractivity contribution in [1.82, 2.24) is 15.2 Å². The van der Waals surface area contributed by atoms with Crippen LogP contribution in [0.15, 0.2) is 18.3 Å². The van der Waals surface area contributed by atoms with Crippen molar-refractivity contribution in [3.8, 4) is 0 Å². The van der Waals surface area contributed by atoms with Crippen LogP contribution in [0.25, 0.3) is 0 Å². The van der Waals surface area contributed by atoms with Crippen molar-refractivity contribution in [2.45, 2.75) is 44.2 Å². The molecule has 1 saturated carbocycles. The molecule has 3 amide bonds. The van der Waals surface area contributed by atoms with Gasteiger partial charge in [0.05, 0.1) is 6.54 Å².